The summed E-state index contributed by atoms with van der Waals surface area (Å²) in [5, 5.41) is 2.23. The average molecular weight is 311 g/mol. The van der Waals surface area contributed by atoms with Crippen molar-refractivity contribution < 1.29 is 4.79 Å². The van der Waals surface area contributed by atoms with Crippen molar-refractivity contribution in [1.29, 1.82) is 0 Å². The molecule has 0 unspecified atom stereocenters. The van der Waals surface area contributed by atoms with Crippen molar-refractivity contribution in [1.82, 2.24) is 0 Å². The van der Waals surface area contributed by atoms with Crippen molar-refractivity contribution in [2.24, 2.45) is 0 Å². The lowest BCUT2D eigenvalue weighted by molar-refractivity contribution is 0.103. The number of halogens is 1. The summed E-state index contributed by atoms with van der Waals surface area (Å²) in [5.41, 5.74) is 1.41. The molecular weight excluding hydrogens is 300 g/mol. The molecule has 0 radical (unpaired) electrons. The quantitative estimate of drug-likeness (QED) is 0.619. The minimum Gasteiger partial charge on any atom is -0.289 e. The highest BCUT2D eigenvalue weighted by atomic mass is 79.9. The van der Waals surface area contributed by atoms with Gasteiger partial charge < -0.3 is 0 Å². The van der Waals surface area contributed by atoms with E-state index in [4.69, 9.17) is 0 Å². The highest BCUT2D eigenvalue weighted by molar-refractivity contribution is 9.10. The van der Waals surface area contributed by atoms with Gasteiger partial charge in [0.1, 0.15) is 0 Å². The van der Waals surface area contributed by atoms with E-state index < -0.39 is 0 Å². The van der Waals surface area contributed by atoms with Gasteiger partial charge in [-0.2, -0.15) is 0 Å². The maximum absolute atomic E-state index is 12.5. The summed E-state index contributed by atoms with van der Waals surface area (Å²) in [6.45, 7) is 0. The van der Waals surface area contributed by atoms with Gasteiger partial charge in [0.05, 0.1) is 0 Å². The molecule has 3 aromatic carbocycles. The van der Waals surface area contributed by atoms with Crippen LogP contribution in [-0.2, 0) is 0 Å². The van der Waals surface area contributed by atoms with Gasteiger partial charge in [0.25, 0.3) is 0 Å². The van der Waals surface area contributed by atoms with Crippen LogP contribution in [-0.4, -0.2) is 5.78 Å². The third-order valence-corrected chi connectivity index (χ3v) is 3.82. The van der Waals surface area contributed by atoms with E-state index in [-0.39, 0.29) is 5.78 Å². The summed E-state index contributed by atoms with van der Waals surface area (Å²) < 4.78 is 0.827. The molecule has 0 amide bonds. The van der Waals surface area contributed by atoms with Crippen molar-refractivity contribution in [3.8, 4) is 0 Å². The van der Waals surface area contributed by atoms with Crippen LogP contribution in [0.4, 0.5) is 0 Å². The summed E-state index contributed by atoms with van der Waals surface area (Å²) in [6, 6.07) is 21.3. The SMILES string of the molecule is O=C(c1ccc2ccccc2c1)c1ccccc1Br. The van der Waals surface area contributed by atoms with E-state index in [1.165, 1.54) is 0 Å². The molecule has 1 nitrogen and oxygen atoms in total. The molecule has 0 aliphatic heterocycles. The molecule has 0 saturated heterocycles. The Morgan fingerprint density at radius 1 is 0.789 bits per heavy atom. The van der Waals surface area contributed by atoms with Crippen LogP contribution >= 0.6 is 15.9 Å². The molecule has 0 aliphatic rings. The van der Waals surface area contributed by atoms with Crippen LogP contribution in [0.15, 0.2) is 71.2 Å². The van der Waals surface area contributed by atoms with E-state index in [2.05, 4.69) is 15.9 Å². The maximum Gasteiger partial charge on any atom is 0.194 e. The first-order valence-electron chi connectivity index (χ1n) is 6.04. The average Bonchev–Trinajstić information content (AvgIpc) is 2.46. The third-order valence-electron chi connectivity index (χ3n) is 3.13. The molecule has 3 rings (SSSR count). The van der Waals surface area contributed by atoms with Gasteiger partial charge in [-0.1, -0.05) is 64.5 Å². The van der Waals surface area contributed by atoms with Gasteiger partial charge in [-0.15, -0.1) is 0 Å². The molecule has 0 heterocycles. The van der Waals surface area contributed by atoms with E-state index in [1.807, 2.05) is 66.7 Å². The first-order valence-corrected chi connectivity index (χ1v) is 6.83. The molecule has 0 bridgehead atoms. The van der Waals surface area contributed by atoms with Gasteiger partial charge in [-0.3, -0.25) is 4.79 Å². The fourth-order valence-electron chi connectivity index (χ4n) is 2.13. The van der Waals surface area contributed by atoms with Crippen molar-refractivity contribution >= 4 is 32.5 Å². The third kappa shape index (κ3) is 2.32. The molecule has 2 heteroatoms. The Balaban J connectivity index is 2.09. The van der Waals surface area contributed by atoms with Crippen LogP contribution in [0.3, 0.4) is 0 Å². The second-order valence-corrected chi connectivity index (χ2v) is 5.23. The van der Waals surface area contributed by atoms with Crippen LogP contribution < -0.4 is 0 Å². The summed E-state index contributed by atoms with van der Waals surface area (Å²) >= 11 is 3.42. The number of rotatable bonds is 2. The highest BCUT2D eigenvalue weighted by Gasteiger charge is 2.12. The zero-order valence-corrected chi connectivity index (χ0v) is 11.7. The van der Waals surface area contributed by atoms with E-state index >= 15 is 0 Å². The van der Waals surface area contributed by atoms with Gasteiger partial charge in [0.15, 0.2) is 5.78 Å². The first kappa shape index (κ1) is 12.1. The van der Waals surface area contributed by atoms with E-state index in [0.717, 1.165) is 15.2 Å². The number of hydrogen-bond donors (Lipinski definition) is 0. The van der Waals surface area contributed by atoms with E-state index in [9.17, 15) is 4.79 Å². The number of carbonyl (C=O) groups is 1. The Labute approximate surface area is 120 Å². The van der Waals surface area contributed by atoms with Gasteiger partial charge in [0, 0.05) is 15.6 Å². The number of hydrogen-bond acceptors (Lipinski definition) is 1. The number of fused-ring (bicyclic) bond motifs is 1. The summed E-state index contributed by atoms with van der Waals surface area (Å²) in [6.07, 6.45) is 0. The summed E-state index contributed by atoms with van der Waals surface area (Å²) in [5.74, 6) is 0.0400. The first-order chi connectivity index (χ1) is 9.25. The molecule has 19 heavy (non-hydrogen) atoms. The van der Waals surface area contributed by atoms with E-state index in [0.29, 0.717) is 11.1 Å². The molecular formula is C17H11BrO. The molecule has 0 spiro atoms. The molecule has 0 atom stereocenters. The topological polar surface area (TPSA) is 17.1 Å². The van der Waals surface area contributed by atoms with Crippen molar-refractivity contribution in [2.75, 3.05) is 0 Å². The molecule has 0 aliphatic carbocycles. The second-order valence-electron chi connectivity index (χ2n) is 4.37. The second kappa shape index (κ2) is 4.98. The molecule has 92 valence electrons. The van der Waals surface area contributed by atoms with Crippen LogP contribution in [0.2, 0.25) is 0 Å². The van der Waals surface area contributed by atoms with Gasteiger partial charge in [-0.25, -0.2) is 0 Å². The van der Waals surface area contributed by atoms with E-state index in [1.54, 1.807) is 0 Å². The molecule has 0 fully saturated rings. The van der Waals surface area contributed by atoms with Crippen molar-refractivity contribution in [3.63, 3.8) is 0 Å². The van der Waals surface area contributed by atoms with Crippen molar-refractivity contribution in [2.45, 2.75) is 0 Å². The Hall–Kier alpha value is -1.93. The van der Waals surface area contributed by atoms with Gasteiger partial charge in [0.2, 0.25) is 0 Å². The number of carbonyl (C=O) groups excluding carboxylic acids is 1. The normalized spacial score (nSPS) is 10.6. The van der Waals surface area contributed by atoms with Gasteiger partial charge in [-0.05, 0) is 29.0 Å². The maximum atomic E-state index is 12.5. The molecule has 0 saturated carbocycles. The summed E-state index contributed by atoms with van der Waals surface area (Å²) in [4.78, 5) is 12.5. The van der Waals surface area contributed by atoms with Gasteiger partial charge >= 0.3 is 0 Å². The highest BCUT2D eigenvalue weighted by Crippen LogP contribution is 2.22. The predicted octanol–water partition coefficient (Wildman–Crippen LogP) is 4.83. The van der Waals surface area contributed by atoms with Crippen LogP contribution in [0.1, 0.15) is 15.9 Å². The molecule has 0 N–H and O–H groups in total. The Kier molecular flexibility index (Phi) is 3.18. The smallest absolute Gasteiger partial charge is 0.194 e. The lowest BCUT2D eigenvalue weighted by Crippen LogP contribution is -2.01. The summed E-state index contributed by atoms with van der Waals surface area (Å²) in [7, 11) is 0. The fourth-order valence-corrected chi connectivity index (χ4v) is 2.60. The minimum atomic E-state index is 0.0400. The standard InChI is InChI=1S/C17H11BrO/c18-16-8-4-3-7-15(16)17(19)14-10-9-12-5-1-2-6-13(12)11-14/h1-11H. The zero-order chi connectivity index (χ0) is 13.2. The molecule has 0 aromatic heterocycles. The fraction of sp³-hybridized carbons (Fsp3) is 0. The largest absolute Gasteiger partial charge is 0.289 e. The number of ketones is 1. The number of benzene rings is 3. The van der Waals surface area contributed by atoms with Crippen LogP contribution in [0, 0.1) is 0 Å². The Morgan fingerprint density at radius 2 is 1.47 bits per heavy atom. The monoisotopic (exact) mass is 310 g/mol. The Morgan fingerprint density at radius 3 is 2.26 bits per heavy atom. The minimum absolute atomic E-state index is 0.0400. The van der Waals surface area contributed by atoms with Crippen molar-refractivity contribution in [3.05, 3.63) is 82.3 Å². The lowest BCUT2D eigenvalue weighted by Gasteiger charge is -2.05. The Bertz CT molecular complexity index is 762. The molecule has 3 aromatic rings. The van der Waals surface area contributed by atoms with Crippen LogP contribution in [0.5, 0.6) is 0 Å². The van der Waals surface area contributed by atoms with Crippen LogP contribution in [0.25, 0.3) is 10.8 Å². The predicted molar refractivity (Wildman–Crippen MR) is 81.5 cm³/mol. The zero-order valence-electron chi connectivity index (χ0n) is 10.1. The lowest BCUT2D eigenvalue weighted by atomic mass is 10.00.